The van der Waals surface area contributed by atoms with Crippen molar-refractivity contribution in [3.8, 4) is 0 Å². The summed E-state index contributed by atoms with van der Waals surface area (Å²) >= 11 is 0. The molecular formula is C24H46O8S. The van der Waals surface area contributed by atoms with Crippen molar-refractivity contribution in [3.05, 3.63) is 0 Å². The third-order valence-corrected chi connectivity index (χ3v) is 5.83. The minimum Gasteiger partial charge on any atom is -0.466 e. The van der Waals surface area contributed by atoms with Gasteiger partial charge in [-0.05, 0) is 12.8 Å². The summed E-state index contributed by atoms with van der Waals surface area (Å²) in [6.07, 6.45) is 15.0. The molecule has 0 saturated carbocycles. The summed E-state index contributed by atoms with van der Waals surface area (Å²) in [5.41, 5.74) is 0. The quantitative estimate of drug-likeness (QED) is 0.105. The van der Waals surface area contributed by atoms with Gasteiger partial charge in [0.1, 0.15) is 0 Å². The Kier molecular flexibility index (Phi) is 20.6. The first kappa shape index (κ1) is 31.8. The van der Waals surface area contributed by atoms with Gasteiger partial charge in [0, 0.05) is 0 Å². The van der Waals surface area contributed by atoms with Crippen molar-refractivity contribution in [2.45, 2.75) is 129 Å². The second-order valence-electron chi connectivity index (χ2n) is 8.55. The van der Waals surface area contributed by atoms with Gasteiger partial charge >= 0.3 is 22.3 Å². The molecule has 0 aromatic carbocycles. The van der Waals surface area contributed by atoms with Crippen LogP contribution in [0.15, 0.2) is 0 Å². The average molecular weight is 495 g/mol. The Morgan fingerprint density at radius 1 is 0.667 bits per heavy atom. The molecule has 0 aliphatic carbocycles. The maximum Gasteiger partial charge on any atom is 0.398 e. The van der Waals surface area contributed by atoms with Crippen LogP contribution in [0.2, 0.25) is 0 Å². The molecule has 1 atom stereocenters. The van der Waals surface area contributed by atoms with Crippen molar-refractivity contribution in [2.75, 3.05) is 13.2 Å². The van der Waals surface area contributed by atoms with Crippen LogP contribution < -0.4 is 0 Å². The smallest absolute Gasteiger partial charge is 0.398 e. The molecule has 0 bridgehead atoms. The van der Waals surface area contributed by atoms with E-state index in [2.05, 4.69) is 18.0 Å². The summed E-state index contributed by atoms with van der Waals surface area (Å²) < 4.78 is 45.5. The summed E-state index contributed by atoms with van der Waals surface area (Å²) in [5, 5.41) is 0. The molecule has 1 unspecified atom stereocenters. The lowest BCUT2D eigenvalue weighted by atomic mass is 10.1. The van der Waals surface area contributed by atoms with Crippen LogP contribution >= 0.6 is 0 Å². The molecule has 8 nitrogen and oxygen atoms in total. The van der Waals surface area contributed by atoms with Crippen LogP contribution in [0.5, 0.6) is 0 Å². The molecule has 0 aliphatic heterocycles. The minimum absolute atomic E-state index is 0.104. The lowest BCUT2D eigenvalue weighted by Gasteiger charge is -2.14. The van der Waals surface area contributed by atoms with Gasteiger partial charge in [-0.3, -0.25) is 9.35 Å². The van der Waals surface area contributed by atoms with Crippen molar-refractivity contribution < 1.29 is 36.2 Å². The van der Waals surface area contributed by atoms with E-state index in [1.165, 1.54) is 51.4 Å². The maximum atomic E-state index is 12.2. The molecule has 0 aromatic rings. The fourth-order valence-electron chi connectivity index (χ4n) is 3.44. The van der Waals surface area contributed by atoms with E-state index in [9.17, 15) is 18.0 Å². The van der Waals surface area contributed by atoms with Gasteiger partial charge < -0.3 is 9.47 Å². The van der Waals surface area contributed by atoms with E-state index in [1.54, 1.807) is 0 Å². The normalized spacial score (nSPS) is 12.5. The average Bonchev–Trinajstić information content (AvgIpc) is 2.75. The van der Waals surface area contributed by atoms with Crippen LogP contribution in [0, 0.1) is 0 Å². The second kappa shape index (κ2) is 21.4. The highest BCUT2D eigenvalue weighted by Gasteiger charge is 2.30. The van der Waals surface area contributed by atoms with E-state index in [1.807, 2.05) is 0 Å². The Hall–Kier alpha value is -1.19. The van der Waals surface area contributed by atoms with Crippen molar-refractivity contribution in [1.29, 1.82) is 0 Å². The van der Waals surface area contributed by atoms with Gasteiger partial charge in [0.05, 0.1) is 19.6 Å². The molecule has 1 N–H and O–H groups in total. The molecule has 0 aliphatic rings. The van der Waals surface area contributed by atoms with Gasteiger partial charge in [0.25, 0.3) is 0 Å². The van der Waals surface area contributed by atoms with Crippen LogP contribution in [0.25, 0.3) is 0 Å². The maximum absolute atomic E-state index is 12.2. The number of rotatable bonds is 23. The van der Waals surface area contributed by atoms with Crippen molar-refractivity contribution >= 4 is 22.3 Å². The molecule has 0 aromatic heterocycles. The largest absolute Gasteiger partial charge is 0.466 e. The highest BCUT2D eigenvalue weighted by Crippen LogP contribution is 2.12. The van der Waals surface area contributed by atoms with Gasteiger partial charge in [-0.1, -0.05) is 104 Å². The molecule has 0 fully saturated rings. The number of hydrogen-bond acceptors (Lipinski definition) is 7. The summed E-state index contributed by atoms with van der Waals surface area (Å²) in [4.78, 5) is 24.1. The van der Waals surface area contributed by atoms with E-state index in [4.69, 9.17) is 14.0 Å². The Morgan fingerprint density at radius 3 is 1.48 bits per heavy atom. The fraction of sp³-hybridized carbons (Fsp3) is 0.917. The summed E-state index contributed by atoms with van der Waals surface area (Å²) in [5.74, 6) is -1.77. The Morgan fingerprint density at radius 2 is 1.06 bits per heavy atom. The first-order chi connectivity index (χ1) is 15.8. The summed E-state index contributed by atoms with van der Waals surface area (Å²) in [6, 6.07) is 0. The molecule has 33 heavy (non-hydrogen) atoms. The van der Waals surface area contributed by atoms with Crippen molar-refractivity contribution in [2.24, 2.45) is 0 Å². The zero-order valence-corrected chi connectivity index (χ0v) is 21.5. The number of carbonyl (C=O) groups is 2. The van der Waals surface area contributed by atoms with Crippen molar-refractivity contribution in [1.82, 2.24) is 0 Å². The predicted molar refractivity (Wildman–Crippen MR) is 128 cm³/mol. The first-order valence-corrected chi connectivity index (χ1v) is 14.1. The highest BCUT2D eigenvalue weighted by atomic mass is 32.3. The molecule has 0 saturated heterocycles. The molecule has 0 spiro atoms. The van der Waals surface area contributed by atoms with Gasteiger partial charge in [-0.15, -0.1) is 0 Å². The number of hydrogen-bond donors (Lipinski definition) is 1. The molecule has 196 valence electrons. The standard InChI is InChI=1S/C24H46O8S/c1-3-5-7-9-11-13-15-17-19-30-23(25)21-22(32-33(27,28)29)24(26)31-20-18-16-14-12-10-8-6-4-2/h22H,3-21H2,1-2H3,(H,27,28,29). The van der Waals surface area contributed by atoms with Crippen LogP contribution in [0.1, 0.15) is 123 Å². The second-order valence-corrected chi connectivity index (χ2v) is 9.60. The molecular weight excluding hydrogens is 448 g/mol. The lowest BCUT2D eigenvalue weighted by Crippen LogP contribution is -2.32. The van der Waals surface area contributed by atoms with Gasteiger partial charge in [-0.25, -0.2) is 8.98 Å². The van der Waals surface area contributed by atoms with E-state index < -0.39 is 34.9 Å². The molecule has 9 heteroatoms. The molecule has 0 rings (SSSR count). The van der Waals surface area contributed by atoms with Crippen molar-refractivity contribution in [3.63, 3.8) is 0 Å². The number of unbranched alkanes of at least 4 members (excludes halogenated alkanes) is 14. The van der Waals surface area contributed by atoms with E-state index >= 15 is 0 Å². The fourth-order valence-corrected chi connectivity index (χ4v) is 3.88. The summed E-state index contributed by atoms with van der Waals surface area (Å²) in [7, 11) is -4.92. The molecule has 0 heterocycles. The third kappa shape index (κ3) is 22.4. The Labute approximate surface area is 201 Å². The highest BCUT2D eigenvalue weighted by molar-refractivity contribution is 7.80. The zero-order chi connectivity index (χ0) is 24.8. The van der Waals surface area contributed by atoms with Crippen LogP contribution in [-0.2, 0) is 33.6 Å². The van der Waals surface area contributed by atoms with Crippen LogP contribution in [0.3, 0.4) is 0 Å². The van der Waals surface area contributed by atoms with Gasteiger partial charge in [0.2, 0.25) is 0 Å². The van der Waals surface area contributed by atoms with Gasteiger partial charge in [-0.2, -0.15) is 8.42 Å². The Balaban J connectivity index is 4.10. The van der Waals surface area contributed by atoms with E-state index in [-0.39, 0.29) is 13.2 Å². The van der Waals surface area contributed by atoms with E-state index in [0.717, 1.165) is 38.5 Å². The topological polar surface area (TPSA) is 116 Å². The lowest BCUT2D eigenvalue weighted by molar-refractivity contribution is -0.158. The van der Waals surface area contributed by atoms with Crippen LogP contribution in [-0.4, -0.2) is 44.2 Å². The molecule has 0 amide bonds. The number of esters is 2. The zero-order valence-electron chi connectivity index (χ0n) is 20.7. The third-order valence-electron chi connectivity index (χ3n) is 5.36. The van der Waals surface area contributed by atoms with Gasteiger partial charge in [0.15, 0.2) is 6.10 Å². The summed E-state index contributed by atoms with van der Waals surface area (Å²) in [6.45, 7) is 4.65. The first-order valence-electron chi connectivity index (χ1n) is 12.8. The van der Waals surface area contributed by atoms with Crippen LogP contribution in [0.4, 0.5) is 0 Å². The Bertz CT molecular complexity index is 591. The number of carbonyl (C=O) groups excluding carboxylic acids is 2. The number of ether oxygens (including phenoxy) is 2. The predicted octanol–water partition coefficient (Wildman–Crippen LogP) is 5.93. The van der Waals surface area contributed by atoms with E-state index in [0.29, 0.717) is 12.8 Å². The minimum atomic E-state index is -4.92. The molecule has 0 radical (unpaired) electrons. The monoisotopic (exact) mass is 494 g/mol. The SMILES string of the molecule is CCCCCCCCCCOC(=O)CC(OS(=O)(=O)O)C(=O)OCCCCCCCCCC.